The number of para-hydroxylation sites is 1. The molecule has 19 heavy (non-hydrogen) atoms. The topological polar surface area (TPSA) is 55.6 Å². The molecule has 0 aliphatic rings. The molecule has 0 atom stereocenters. The number of nitrogens with one attached hydrogen (secondary N) is 1. The number of anilines is 1. The number of benzene rings is 1. The molecule has 0 radical (unpaired) electrons. The molecule has 6 heteroatoms. The van der Waals surface area contributed by atoms with Gasteiger partial charge in [0.2, 0.25) is 0 Å². The van der Waals surface area contributed by atoms with Crippen molar-refractivity contribution in [2.24, 2.45) is 0 Å². The summed E-state index contributed by atoms with van der Waals surface area (Å²) in [5.74, 6) is 0.954. The lowest BCUT2D eigenvalue weighted by Crippen LogP contribution is -2.03. The van der Waals surface area contributed by atoms with Crippen molar-refractivity contribution >= 4 is 16.9 Å². The molecule has 0 aliphatic heterocycles. The van der Waals surface area contributed by atoms with Crippen molar-refractivity contribution in [3.63, 3.8) is 0 Å². The van der Waals surface area contributed by atoms with E-state index in [0.29, 0.717) is 23.0 Å². The molecule has 1 aromatic carbocycles. The molecule has 3 aromatic rings. The Bertz CT molecular complexity index is 750. The first-order valence-corrected chi connectivity index (χ1v) is 5.85. The third-order valence-electron chi connectivity index (χ3n) is 2.86. The van der Waals surface area contributed by atoms with Gasteiger partial charge < -0.3 is 5.32 Å². The second-order valence-corrected chi connectivity index (χ2v) is 4.11. The molecule has 1 N–H and O–H groups in total. The molecular formula is C13H12FN5. The molecule has 0 spiro atoms. The summed E-state index contributed by atoms with van der Waals surface area (Å²) < 4.78 is 15.3. The standard InChI is InChI=1S/C13H12FN5/c1-8-17-12(15-2)9-7-16-19(13(9)18-8)11-6-4-3-5-10(11)14/h3-7H,1-2H3,(H,15,17,18). The minimum atomic E-state index is -0.338. The first kappa shape index (κ1) is 11.6. The van der Waals surface area contributed by atoms with Gasteiger partial charge in [-0.05, 0) is 19.1 Å². The number of halogens is 1. The SMILES string of the molecule is CNc1nc(C)nc2c1cnn2-c1ccccc1F. The van der Waals surface area contributed by atoms with Gasteiger partial charge in [-0.1, -0.05) is 12.1 Å². The Balaban J connectivity index is 2.32. The second-order valence-electron chi connectivity index (χ2n) is 4.11. The number of hydrogen-bond donors (Lipinski definition) is 1. The maximum Gasteiger partial charge on any atom is 0.168 e. The first-order chi connectivity index (χ1) is 9.20. The molecule has 0 saturated heterocycles. The van der Waals surface area contributed by atoms with Gasteiger partial charge in [0.15, 0.2) is 5.65 Å². The molecule has 2 aromatic heterocycles. The van der Waals surface area contributed by atoms with Gasteiger partial charge in [-0.3, -0.25) is 0 Å². The van der Waals surface area contributed by atoms with Crippen molar-refractivity contribution < 1.29 is 4.39 Å². The van der Waals surface area contributed by atoms with Crippen LogP contribution in [0.2, 0.25) is 0 Å². The molecule has 96 valence electrons. The number of rotatable bonds is 2. The smallest absolute Gasteiger partial charge is 0.168 e. The van der Waals surface area contributed by atoms with Crippen molar-refractivity contribution in [2.75, 3.05) is 12.4 Å². The molecule has 0 saturated carbocycles. The monoisotopic (exact) mass is 257 g/mol. The zero-order chi connectivity index (χ0) is 13.4. The van der Waals surface area contributed by atoms with E-state index < -0.39 is 0 Å². The van der Waals surface area contributed by atoms with Gasteiger partial charge in [0, 0.05) is 7.05 Å². The van der Waals surface area contributed by atoms with Gasteiger partial charge in [0.1, 0.15) is 23.1 Å². The number of fused-ring (bicyclic) bond motifs is 1. The fourth-order valence-corrected chi connectivity index (χ4v) is 2.01. The summed E-state index contributed by atoms with van der Waals surface area (Å²) in [6.07, 6.45) is 1.63. The van der Waals surface area contributed by atoms with E-state index in [9.17, 15) is 4.39 Å². The highest BCUT2D eigenvalue weighted by Gasteiger charge is 2.13. The molecular weight excluding hydrogens is 245 g/mol. The zero-order valence-corrected chi connectivity index (χ0v) is 10.6. The Morgan fingerprint density at radius 3 is 2.74 bits per heavy atom. The lowest BCUT2D eigenvalue weighted by Gasteiger charge is -2.06. The van der Waals surface area contributed by atoms with Crippen molar-refractivity contribution in [1.82, 2.24) is 19.7 Å². The van der Waals surface area contributed by atoms with E-state index in [1.165, 1.54) is 10.7 Å². The minimum absolute atomic E-state index is 0.338. The van der Waals surface area contributed by atoms with Crippen LogP contribution in [0.3, 0.4) is 0 Å². The highest BCUT2D eigenvalue weighted by molar-refractivity contribution is 5.87. The normalized spacial score (nSPS) is 10.9. The Kier molecular flexibility index (Phi) is 2.63. The van der Waals surface area contributed by atoms with Crippen LogP contribution in [0.15, 0.2) is 30.5 Å². The van der Waals surface area contributed by atoms with Crippen LogP contribution in [0.4, 0.5) is 10.2 Å². The summed E-state index contributed by atoms with van der Waals surface area (Å²) in [5, 5.41) is 7.96. The Morgan fingerprint density at radius 2 is 2.00 bits per heavy atom. The quantitative estimate of drug-likeness (QED) is 0.765. The number of nitrogens with zero attached hydrogens (tertiary/aromatic N) is 4. The minimum Gasteiger partial charge on any atom is -0.372 e. The van der Waals surface area contributed by atoms with Gasteiger partial charge in [0.25, 0.3) is 0 Å². The molecule has 0 unspecified atom stereocenters. The van der Waals surface area contributed by atoms with Crippen LogP contribution in [0, 0.1) is 12.7 Å². The van der Waals surface area contributed by atoms with E-state index in [1.807, 2.05) is 0 Å². The van der Waals surface area contributed by atoms with Crippen molar-refractivity contribution in [1.29, 1.82) is 0 Å². The van der Waals surface area contributed by atoms with Crippen molar-refractivity contribution in [2.45, 2.75) is 6.92 Å². The average molecular weight is 257 g/mol. The van der Waals surface area contributed by atoms with Crippen LogP contribution in [0.5, 0.6) is 0 Å². The number of hydrogen-bond acceptors (Lipinski definition) is 4. The first-order valence-electron chi connectivity index (χ1n) is 5.85. The van der Waals surface area contributed by atoms with Gasteiger partial charge in [-0.15, -0.1) is 0 Å². The molecule has 0 amide bonds. The predicted molar refractivity (Wildman–Crippen MR) is 70.9 cm³/mol. The maximum atomic E-state index is 13.8. The van der Waals surface area contributed by atoms with Gasteiger partial charge in [-0.2, -0.15) is 5.10 Å². The lowest BCUT2D eigenvalue weighted by atomic mass is 10.3. The Hall–Kier alpha value is -2.50. The highest BCUT2D eigenvalue weighted by Crippen LogP contribution is 2.23. The Labute approximate surface area is 109 Å². The molecule has 0 bridgehead atoms. The average Bonchev–Trinajstić information content (AvgIpc) is 2.82. The number of aryl methyl sites for hydroxylation is 1. The Morgan fingerprint density at radius 1 is 1.21 bits per heavy atom. The third-order valence-corrected chi connectivity index (χ3v) is 2.86. The van der Waals surface area contributed by atoms with Crippen molar-refractivity contribution in [3.8, 4) is 5.69 Å². The van der Waals surface area contributed by atoms with Gasteiger partial charge in [0.05, 0.1) is 11.6 Å². The van der Waals surface area contributed by atoms with Crippen LogP contribution in [0.25, 0.3) is 16.7 Å². The maximum absolute atomic E-state index is 13.8. The summed E-state index contributed by atoms with van der Waals surface area (Å²) in [7, 11) is 1.78. The number of aromatic nitrogens is 4. The van der Waals surface area contributed by atoms with E-state index in [0.717, 1.165) is 5.39 Å². The van der Waals surface area contributed by atoms with Crippen LogP contribution < -0.4 is 5.32 Å². The summed E-state index contributed by atoms with van der Waals surface area (Å²) in [5.41, 5.74) is 0.958. The fraction of sp³-hybridized carbons (Fsp3) is 0.154. The summed E-state index contributed by atoms with van der Waals surface area (Å²) in [4.78, 5) is 8.62. The van der Waals surface area contributed by atoms with Gasteiger partial charge >= 0.3 is 0 Å². The second kappa shape index (κ2) is 4.31. The fourth-order valence-electron chi connectivity index (χ4n) is 2.01. The molecule has 3 rings (SSSR count). The largest absolute Gasteiger partial charge is 0.372 e. The summed E-state index contributed by atoms with van der Waals surface area (Å²) >= 11 is 0. The van der Waals surface area contributed by atoms with Crippen LogP contribution in [-0.2, 0) is 0 Å². The molecule has 0 aliphatic carbocycles. The van der Waals surface area contributed by atoms with Crippen LogP contribution in [-0.4, -0.2) is 26.8 Å². The molecule has 2 heterocycles. The predicted octanol–water partition coefficient (Wildman–Crippen LogP) is 2.30. The van der Waals surface area contributed by atoms with Crippen LogP contribution >= 0.6 is 0 Å². The van der Waals surface area contributed by atoms with E-state index in [4.69, 9.17) is 0 Å². The summed E-state index contributed by atoms with van der Waals surface area (Å²) in [6, 6.07) is 6.47. The van der Waals surface area contributed by atoms with E-state index >= 15 is 0 Å². The van der Waals surface area contributed by atoms with E-state index in [-0.39, 0.29) is 5.82 Å². The highest BCUT2D eigenvalue weighted by atomic mass is 19.1. The van der Waals surface area contributed by atoms with Gasteiger partial charge in [-0.25, -0.2) is 19.0 Å². The van der Waals surface area contributed by atoms with E-state index in [1.54, 1.807) is 38.4 Å². The van der Waals surface area contributed by atoms with Crippen LogP contribution in [0.1, 0.15) is 5.82 Å². The van der Waals surface area contributed by atoms with E-state index in [2.05, 4.69) is 20.4 Å². The summed E-state index contributed by atoms with van der Waals surface area (Å²) in [6.45, 7) is 1.79. The van der Waals surface area contributed by atoms with Crippen molar-refractivity contribution in [3.05, 3.63) is 42.1 Å². The molecule has 0 fully saturated rings. The molecule has 5 nitrogen and oxygen atoms in total. The third kappa shape index (κ3) is 1.81. The lowest BCUT2D eigenvalue weighted by molar-refractivity contribution is 0.612. The zero-order valence-electron chi connectivity index (χ0n) is 10.6.